The summed E-state index contributed by atoms with van der Waals surface area (Å²) in [5.41, 5.74) is 3.81. The van der Waals surface area contributed by atoms with Gasteiger partial charge in [0.05, 0.1) is 48.1 Å². The van der Waals surface area contributed by atoms with Crippen molar-refractivity contribution in [1.29, 1.82) is 0 Å². The van der Waals surface area contributed by atoms with Crippen molar-refractivity contribution >= 4 is 50.6 Å². The van der Waals surface area contributed by atoms with Gasteiger partial charge in [-0.1, -0.05) is 11.6 Å². The number of halogens is 2. The van der Waals surface area contributed by atoms with Gasteiger partial charge in [0.1, 0.15) is 5.75 Å². The third kappa shape index (κ3) is 4.85. The van der Waals surface area contributed by atoms with Crippen LogP contribution in [0.4, 0.5) is 21.9 Å². The van der Waals surface area contributed by atoms with Crippen molar-refractivity contribution in [3.05, 3.63) is 52.1 Å². The number of ether oxygens (including phenoxy) is 2. The molecule has 1 saturated heterocycles. The van der Waals surface area contributed by atoms with Crippen LogP contribution in [0.25, 0.3) is 11.3 Å². The zero-order valence-corrected chi connectivity index (χ0v) is 20.0. The van der Waals surface area contributed by atoms with Gasteiger partial charge in [0.2, 0.25) is 0 Å². The Morgan fingerprint density at radius 2 is 1.97 bits per heavy atom. The molecule has 2 aromatic carbocycles. The highest BCUT2D eigenvalue weighted by atomic mass is 79.9. The van der Waals surface area contributed by atoms with Gasteiger partial charge in [-0.3, -0.25) is 4.68 Å². The smallest absolute Gasteiger partial charge is 0.323 e. The number of rotatable bonds is 5. The standard InChI is InChI=1S/C22H23BrClN5O3/c1-28-21(17(23)13-25-28)16-12-15(4-6-20(16)31-2)26-22(30)27-18-5-3-14(24)11-19(18)29-7-9-32-10-8-29/h3-6,11-13H,7-10H2,1-2H3,(H2,26,27,30). The predicted molar refractivity (Wildman–Crippen MR) is 130 cm³/mol. The number of methoxy groups -OCH3 is 1. The highest BCUT2D eigenvalue weighted by Crippen LogP contribution is 2.36. The SMILES string of the molecule is COc1ccc(NC(=O)Nc2ccc(Cl)cc2N2CCOCC2)cc1-c1c(Br)cnn1C. The number of aromatic nitrogens is 2. The third-order valence-corrected chi connectivity index (χ3v) is 5.98. The van der Waals surface area contributed by atoms with Gasteiger partial charge in [-0.2, -0.15) is 5.10 Å². The number of urea groups is 1. The normalized spacial score (nSPS) is 13.7. The molecule has 0 radical (unpaired) electrons. The quantitative estimate of drug-likeness (QED) is 0.495. The number of nitrogens with zero attached hydrogens (tertiary/aromatic N) is 3. The van der Waals surface area contributed by atoms with Gasteiger partial charge in [0.15, 0.2) is 0 Å². The lowest BCUT2D eigenvalue weighted by Crippen LogP contribution is -2.37. The third-order valence-electron chi connectivity index (χ3n) is 5.17. The molecule has 2 heterocycles. The van der Waals surface area contributed by atoms with E-state index in [0.717, 1.165) is 34.5 Å². The average Bonchev–Trinajstić information content (AvgIpc) is 3.13. The minimum atomic E-state index is -0.359. The van der Waals surface area contributed by atoms with Crippen LogP contribution in [0, 0.1) is 0 Å². The number of nitrogens with one attached hydrogen (secondary N) is 2. The molecule has 2 N–H and O–H groups in total. The molecule has 0 atom stereocenters. The lowest BCUT2D eigenvalue weighted by Gasteiger charge is -2.30. The first kappa shape index (κ1) is 22.4. The molecule has 1 aromatic heterocycles. The Kier molecular flexibility index (Phi) is 6.88. The lowest BCUT2D eigenvalue weighted by molar-refractivity contribution is 0.123. The zero-order valence-electron chi connectivity index (χ0n) is 17.7. The first-order valence-electron chi connectivity index (χ1n) is 10.0. The number of hydrogen-bond acceptors (Lipinski definition) is 5. The first-order chi connectivity index (χ1) is 15.5. The second-order valence-electron chi connectivity index (χ2n) is 7.22. The highest BCUT2D eigenvalue weighted by molar-refractivity contribution is 9.10. The van der Waals surface area contributed by atoms with Crippen molar-refractivity contribution in [1.82, 2.24) is 9.78 Å². The average molecular weight is 521 g/mol. The number of carbonyl (C=O) groups is 1. The number of anilines is 3. The fraction of sp³-hybridized carbons (Fsp3) is 0.273. The van der Waals surface area contributed by atoms with Crippen molar-refractivity contribution in [2.75, 3.05) is 48.9 Å². The van der Waals surface area contributed by atoms with E-state index in [2.05, 4.69) is 36.6 Å². The Balaban J connectivity index is 1.56. The Morgan fingerprint density at radius 1 is 1.19 bits per heavy atom. The number of benzene rings is 2. The largest absolute Gasteiger partial charge is 0.496 e. The first-order valence-corrected chi connectivity index (χ1v) is 11.2. The van der Waals surface area contributed by atoms with Crippen LogP contribution in [0.2, 0.25) is 5.02 Å². The van der Waals surface area contributed by atoms with E-state index in [-0.39, 0.29) is 6.03 Å². The number of morpholine rings is 1. The molecule has 1 fully saturated rings. The van der Waals surface area contributed by atoms with Crippen molar-refractivity contribution in [2.24, 2.45) is 7.05 Å². The van der Waals surface area contributed by atoms with Crippen LogP contribution in [-0.2, 0) is 11.8 Å². The van der Waals surface area contributed by atoms with Crippen LogP contribution >= 0.6 is 27.5 Å². The maximum Gasteiger partial charge on any atom is 0.323 e. The van der Waals surface area contributed by atoms with E-state index < -0.39 is 0 Å². The molecule has 168 valence electrons. The fourth-order valence-corrected chi connectivity index (χ4v) is 4.37. The van der Waals surface area contributed by atoms with Gasteiger partial charge in [-0.05, 0) is 52.3 Å². The monoisotopic (exact) mass is 519 g/mol. The summed E-state index contributed by atoms with van der Waals surface area (Å²) < 4.78 is 13.5. The van der Waals surface area contributed by atoms with E-state index in [4.69, 9.17) is 21.1 Å². The number of amides is 2. The fourth-order valence-electron chi connectivity index (χ4n) is 3.65. The number of hydrogen-bond donors (Lipinski definition) is 2. The summed E-state index contributed by atoms with van der Waals surface area (Å²) in [6, 6.07) is 10.5. The maximum atomic E-state index is 12.8. The van der Waals surface area contributed by atoms with Crippen molar-refractivity contribution in [2.45, 2.75) is 0 Å². The summed E-state index contributed by atoms with van der Waals surface area (Å²) in [5, 5.41) is 10.7. The van der Waals surface area contributed by atoms with Crippen molar-refractivity contribution in [3.63, 3.8) is 0 Å². The van der Waals surface area contributed by atoms with Crippen LogP contribution in [-0.4, -0.2) is 49.2 Å². The Morgan fingerprint density at radius 3 is 2.66 bits per heavy atom. The van der Waals surface area contributed by atoms with E-state index in [0.29, 0.717) is 35.4 Å². The Hall–Kier alpha value is -2.75. The van der Waals surface area contributed by atoms with Gasteiger partial charge in [0, 0.05) is 36.4 Å². The topological polar surface area (TPSA) is 80.7 Å². The van der Waals surface area contributed by atoms with Crippen molar-refractivity contribution < 1.29 is 14.3 Å². The van der Waals surface area contributed by atoms with Crippen molar-refractivity contribution in [3.8, 4) is 17.0 Å². The summed E-state index contributed by atoms with van der Waals surface area (Å²) >= 11 is 9.74. The van der Waals surface area contributed by atoms with E-state index >= 15 is 0 Å². The molecule has 0 saturated carbocycles. The molecule has 0 spiro atoms. The Labute approximate surface area is 199 Å². The van der Waals surface area contributed by atoms with Gasteiger partial charge < -0.3 is 25.0 Å². The summed E-state index contributed by atoms with van der Waals surface area (Å²) in [4.78, 5) is 15.0. The molecule has 2 amide bonds. The van der Waals surface area contributed by atoms with Crippen LogP contribution in [0.15, 0.2) is 47.1 Å². The molecule has 3 aromatic rings. The second kappa shape index (κ2) is 9.81. The lowest BCUT2D eigenvalue weighted by atomic mass is 10.1. The van der Waals surface area contributed by atoms with Crippen LogP contribution in [0.1, 0.15) is 0 Å². The van der Waals surface area contributed by atoms with Gasteiger partial charge >= 0.3 is 6.03 Å². The van der Waals surface area contributed by atoms with Gasteiger partial charge in [-0.25, -0.2) is 4.79 Å². The molecular weight excluding hydrogens is 498 g/mol. The summed E-state index contributed by atoms with van der Waals surface area (Å²) in [6.45, 7) is 2.74. The summed E-state index contributed by atoms with van der Waals surface area (Å²) in [5.74, 6) is 0.674. The van der Waals surface area contributed by atoms with E-state index in [1.807, 2.05) is 25.2 Å². The van der Waals surface area contributed by atoms with Crippen LogP contribution in [0.5, 0.6) is 5.75 Å². The zero-order chi connectivity index (χ0) is 22.7. The van der Waals surface area contributed by atoms with Crippen LogP contribution < -0.4 is 20.3 Å². The van der Waals surface area contributed by atoms with Gasteiger partial charge in [0.25, 0.3) is 0 Å². The highest BCUT2D eigenvalue weighted by Gasteiger charge is 2.18. The minimum Gasteiger partial charge on any atom is -0.496 e. The molecule has 1 aliphatic heterocycles. The molecule has 0 bridgehead atoms. The molecular formula is C22H23BrClN5O3. The maximum absolute atomic E-state index is 12.8. The van der Waals surface area contributed by atoms with Crippen LogP contribution in [0.3, 0.4) is 0 Å². The molecule has 0 aliphatic carbocycles. The predicted octanol–water partition coefficient (Wildman–Crippen LogP) is 4.99. The molecule has 1 aliphatic rings. The molecule has 10 heteroatoms. The summed E-state index contributed by atoms with van der Waals surface area (Å²) in [7, 11) is 3.46. The van der Waals surface area contributed by atoms with E-state index in [1.54, 1.807) is 36.2 Å². The second-order valence-corrected chi connectivity index (χ2v) is 8.51. The molecule has 32 heavy (non-hydrogen) atoms. The molecule has 0 unspecified atom stereocenters. The molecule has 8 nitrogen and oxygen atoms in total. The minimum absolute atomic E-state index is 0.359. The number of carbonyl (C=O) groups excluding carboxylic acids is 1. The number of aryl methyl sites for hydroxylation is 1. The Bertz CT molecular complexity index is 1110. The van der Waals surface area contributed by atoms with Gasteiger partial charge in [-0.15, -0.1) is 0 Å². The molecule has 4 rings (SSSR count). The van der Waals surface area contributed by atoms with E-state index in [9.17, 15) is 4.79 Å². The summed E-state index contributed by atoms with van der Waals surface area (Å²) in [6.07, 6.45) is 1.72. The van der Waals surface area contributed by atoms with E-state index in [1.165, 1.54) is 0 Å².